The molecule has 0 unspecified atom stereocenters. The highest BCUT2D eigenvalue weighted by Crippen LogP contribution is 2.26. The number of hydrogen-bond donors (Lipinski definition) is 2. The van der Waals surface area contributed by atoms with Gasteiger partial charge in [0, 0.05) is 12.6 Å². The van der Waals surface area contributed by atoms with Crippen molar-refractivity contribution >= 4 is 23.1 Å². The molecule has 0 fully saturated rings. The molecule has 0 saturated heterocycles. The van der Waals surface area contributed by atoms with Gasteiger partial charge in [-0.3, -0.25) is 0 Å². The average Bonchev–Trinajstić information content (AvgIpc) is 2.26. The number of halogens is 3. The molecule has 0 heterocycles. The van der Waals surface area contributed by atoms with E-state index >= 15 is 0 Å². The standard InChI is InChI=1S/C10H12ClF2N3O/c1-16(5-9(12)13)8-3-2-6(4-7(8)11)10(14)15-17/h2-4,9,17H,5H2,1H3,(H2,14,15). The third kappa shape index (κ3) is 3.45. The fourth-order valence-electron chi connectivity index (χ4n) is 1.34. The van der Waals surface area contributed by atoms with E-state index in [1.165, 1.54) is 30.1 Å². The van der Waals surface area contributed by atoms with Gasteiger partial charge < -0.3 is 15.8 Å². The van der Waals surface area contributed by atoms with Crippen molar-refractivity contribution in [1.29, 1.82) is 0 Å². The van der Waals surface area contributed by atoms with E-state index in [2.05, 4.69) is 5.16 Å². The molecule has 4 nitrogen and oxygen atoms in total. The first-order chi connectivity index (χ1) is 7.95. The molecular formula is C10H12ClF2N3O. The van der Waals surface area contributed by atoms with E-state index in [9.17, 15) is 8.78 Å². The van der Waals surface area contributed by atoms with Gasteiger partial charge in [0.2, 0.25) is 0 Å². The van der Waals surface area contributed by atoms with Crippen LogP contribution in [-0.2, 0) is 0 Å². The van der Waals surface area contributed by atoms with Gasteiger partial charge in [-0.05, 0) is 18.2 Å². The number of hydrogen-bond acceptors (Lipinski definition) is 3. The second-order valence-corrected chi connectivity index (χ2v) is 3.83. The summed E-state index contributed by atoms with van der Waals surface area (Å²) in [6.07, 6.45) is -2.44. The van der Waals surface area contributed by atoms with E-state index < -0.39 is 13.0 Å². The summed E-state index contributed by atoms with van der Waals surface area (Å²) in [4.78, 5) is 1.34. The maximum absolute atomic E-state index is 12.2. The van der Waals surface area contributed by atoms with Crippen LogP contribution in [-0.4, -0.2) is 31.1 Å². The zero-order valence-corrected chi connectivity index (χ0v) is 9.83. The monoisotopic (exact) mass is 263 g/mol. The van der Waals surface area contributed by atoms with E-state index in [0.29, 0.717) is 11.3 Å². The Morgan fingerprint density at radius 2 is 2.24 bits per heavy atom. The minimum Gasteiger partial charge on any atom is -0.409 e. The predicted octanol–water partition coefficient (Wildman–Crippen LogP) is 2.14. The lowest BCUT2D eigenvalue weighted by Gasteiger charge is -2.20. The quantitative estimate of drug-likeness (QED) is 0.379. The summed E-state index contributed by atoms with van der Waals surface area (Å²) in [7, 11) is 1.51. The van der Waals surface area contributed by atoms with Crippen LogP contribution in [0.15, 0.2) is 23.4 Å². The molecule has 0 amide bonds. The number of oxime groups is 1. The highest BCUT2D eigenvalue weighted by atomic mass is 35.5. The maximum atomic E-state index is 12.2. The molecule has 0 aliphatic carbocycles. The van der Waals surface area contributed by atoms with Crippen LogP contribution in [0.25, 0.3) is 0 Å². The van der Waals surface area contributed by atoms with Crippen molar-refractivity contribution in [2.45, 2.75) is 6.43 Å². The molecule has 0 spiro atoms. The van der Waals surface area contributed by atoms with Crippen LogP contribution in [0.2, 0.25) is 5.02 Å². The van der Waals surface area contributed by atoms with Crippen LogP contribution in [0.3, 0.4) is 0 Å². The topological polar surface area (TPSA) is 61.8 Å². The van der Waals surface area contributed by atoms with Gasteiger partial charge in [-0.2, -0.15) is 0 Å². The number of anilines is 1. The molecule has 0 aliphatic heterocycles. The number of nitrogens with zero attached hydrogens (tertiary/aromatic N) is 2. The van der Waals surface area contributed by atoms with Crippen LogP contribution in [0.5, 0.6) is 0 Å². The highest BCUT2D eigenvalue weighted by molar-refractivity contribution is 6.33. The van der Waals surface area contributed by atoms with Crippen molar-refractivity contribution in [1.82, 2.24) is 0 Å². The zero-order valence-electron chi connectivity index (χ0n) is 9.07. The SMILES string of the molecule is CN(CC(F)F)c1ccc(/C(N)=N/O)cc1Cl. The second-order valence-electron chi connectivity index (χ2n) is 3.42. The van der Waals surface area contributed by atoms with Gasteiger partial charge in [-0.1, -0.05) is 16.8 Å². The molecule has 17 heavy (non-hydrogen) atoms. The summed E-state index contributed by atoms with van der Waals surface area (Å²) in [6.45, 7) is -0.414. The van der Waals surface area contributed by atoms with Gasteiger partial charge >= 0.3 is 0 Å². The predicted molar refractivity (Wildman–Crippen MR) is 63.2 cm³/mol. The van der Waals surface area contributed by atoms with E-state index in [1.54, 1.807) is 0 Å². The molecule has 94 valence electrons. The van der Waals surface area contributed by atoms with E-state index in [1.807, 2.05) is 0 Å². The summed E-state index contributed by atoms with van der Waals surface area (Å²) in [5, 5.41) is 11.6. The van der Waals surface area contributed by atoms with Gasteiger partial charge in [-0.15, -0.1) is 0 Å². The van der Waals surface area contributed by atoms with Crippen LogP contribution in [0.4, 0.5) is 14.5 Å². The summed E-state index contributed by atoms with van der Waals surface area (Å²) < 4.78 is 24.4. The summed E-state index contributed by atoms with van der Waals surface area (Å²) >= 11 is 5.93. The Morgan fingerprint density at radius 3 is 2.71 bits per heavy atom. The first kappa shape index (κ1) is 13.5. The first-order valence-corrected chi connectivity index (χ1v) is 5.10. The number of nitrogens with two attached hydrogens (primary N) is 1. The largest absolute Gasteiger partial charge is 0.409 e. The Labute approximate surface area is 102 Å². The molecular weight excluding hydrogens is 252 g/mol. The second kappa shape index (κ2) is 5.67. The Hall–Kier alpha value is -1.56. The normalized spacial score (nSPS) is 11.9. The van der Waals surface area contributed by atoms with Gasteiger partial charge in [0.05, 0.1) is 17.3 Å². The van der Waals surface area contributed by atoms with Crippen LogP contribution < -0.4 is 10.6 Å². The average molecular weight is 264 g/mol. The van der Waals surface area contributed by atoms with Crippen LogP contribution in [0, 0.1) is 0 Å². The lowest BCUT2D eigenvalue weighted by atomic mass is 10.2. The molecule has 1 aromatic rings. The summed E-state index contributed by atoms with van der Waals surface area (Å²) in [5.74, 6) is -0.0880. The lowest BCUT2D eigenvalue weighted by Crippen LogP contribution is -2.24. The Bertz CT molecular complexity index is 426. The van der Waals surface area contributed by atoms with Crippen molar-refractivity contribution in [2.24, 2.45) is 10.9 Å². The van der Waals surface area contributed by atoms with E-state index in [4.69, 9.17) is 22.5 Å². The van der Waals surface area contributed by atoms with Crippen molar-refractivity contribution in [2.75, 3.05) is 18.5 Å². The Balaban J connectivity index is 2.97. The van der Waals surface area contributed by atoms with Gasteiger partial charge in [0.15, 0.2) is 5.84 Å². The van der Waals surface area contributed by atoms with Crippen LogP contribution in [0.1, 0.15) is 5.56 Å². The third-order valence-electron chi connectivity index (χ3n) is 2.17. The van der Waals surface area contributed by atoms with Crippen molar-refractivity contribution in [3.05, 3.63) is 28.8 Å². The molecule has 1 rings (SSSR count). The summed E-state index contributed by atoms with van der Waals surface area (Å²) in [6, 6.07) is 4.53. The molecule has 0 aliphatic rings. The molecule has 0 aromatic heterocycles. The molecule has 1 aromatic carbocycles. The van der Waals surface area contributed by atoms with Crippen molar-refractivity contribution in [3.8, 4) is 0 Å². The fourth-order valence-corrected chi connectivity index (χ4v) is 1.66. The smallest absolute Gasteiger partial charge is 0.255 e. The number of alkyl halides is 2. The molecule has 0 atom stereocenters. The number of rotatable bonds is 4. The van der Waals surface area contributed by atoms with Crippen molar-refractivity contribution < 1.29 is 14.0 Å². The minimum atomic E-state index is -2.44. The lowest BCUT2D eigenvalue weighted by molar-refractivity contribution is 0.156. The zero-order chi connectivity index (χ0) is 13.0. The van der Waals surface area contributed by atoms with Crippen LogP contribution >= 0.6 is 11.6 Å². The van der Waals surface area contributed by atoms with E-state index in [0.717, 1.165) is 0 Å². The Kier molecular flexibility index (Phi) is 4.51. The Morgan fingerprint density at radius 1 is 1.59 bits per heavy atom. The number of amidine groups is 1. The molecule has 0 bridgehead atoms. The van der Waals surface area contributed by atoms with Gasteiger partial charge in [0.25, 0.3) is 6.43 Å². The van der Waals surface area contributed by atoms with Crippen molar-refractivity contribution in [3.63, 3.8) is 0 Å². The molecule has 0 saturated carbocycles. The third-order valence-corrected chi connectivity index (χ3v) is 2.48. The van der Waals surface area contributed by atoms with E-state index in [-0.39, 0.29) is 10.9 Å². The number of benzene rings is 1. The minimum absolute atomic E-state index is 0.0880. The molecule has 0 radical (unpaired) electrons. The van der Waals surface area contributed by atoms with Gasteiger partial charge in [0.1, 0.15) is 0 Å². The van der Waals surface area contributed by atoms with Gasteiger partial charge in [-0.25, -0.2) is 8.78 Å². The molecule has 7 heteroatoms. The maximum Gasteiger partial charge on any atom is 0.255 e. The summed E-state index contributed by atoms with van der Waals surface area (Å²) in [5.41, 5.74) is 6.26. The first-order valence-electron chi connectivity index (χ1n) is 4.72. The molecule has 3 N–H and O–H groups in total. The fraction of sp³-hybridized carbons (Fsp3) is 0.300. The highest BCUT2D eigenvalue weighted by Gasteiger charge is 2.12.